The fourth-order valence-corrected chi connectivity index (χ4v) is 3.32. The van der Waals surface area contributed by atoms with E-state index >= 15 is 0 Å². The van der Waals surface area contributed by atoms with Crippen LogP contribution in [0.1, 0.15) is 38.8 Å². The van der Waals surface area contributed by atoms with Gasteiger partial charge in [0.25, 0.3) is 0 Å². The van der Waals surface area contributed by atoms with E-state index < -0.39 is 38.4 Å². The number of alkyl halides is 3. The molecule has 0 radical (unpaired) electrons. The molecule has 0 aliphatic rings. The van der Waals surface area contributed by atoms with E-state index in [4.69, 9.17) is 43.7 Å². The van der Waals surface area contributed by atoms with Crippen molar-refractivity contribution in [3.63, 3.8) is 0 Å². The van der Waals surface area contributed by atoms with Crippen molar-refractivity contribution in [2.45, 2.75) is 42.6 Å². The molecule has 11 heteroatoms. The molecule has 1 rings (SSSR count). The molecule has 0 aliphatic heterocycles. The number of alkyl carbamates (subject to hydrolysis) is 1. The highest BCUT2D eigenvalue weighted by Crippen LogP contribution is 2.27. The monoisotopic (exact) mass is 460 g/mol. The molecule has 0 saturated carbocycles. The van der Waals surface area contributed by atoms with Gasteiger partial charge in [-0.3, -0.25) is 4.18 Å². The van der Waals surface area contributed by atoms with Crippen LogP contribution >= 0.6 is 34.8 Å². The molecule has 2 N–H and O–H groups in total. The highest BCUT2D eigenvalue weighted by Gasteiger charge is 2.27. The molecule has 0 bridgehead atoms. The van der Waals surface area contributed by atoms with Crippen LogP contribution < -0.4 is 10.0 Å². The van der Waals surface area contributed by atoms with Crippen LogP contribution in [0, 0.1) is 0 Å². The molecule has 27 heavy (non-hydrogen) atoms. The van der Waals surface area contributed by atoms with Crippen molar-refractivity contribution in [1.29, 1.82) is 0 Å². The molecule has 0 aromatic heterocycles. The number of halogens is 3. The summed E-state index contributed by atoms with van der Waals surface area (Å²) in [5, 5.41) is 2.58. The van der Waals surface area contributed by atoms with Crippen LogP contribution in [0.4, 0.5) is 4.79 Å². The first kappa shape index (κ1) is 24.3. The summed E-state index contributed by atoms with van der Waals surface area (Å²) in [6.07, 6.45) is -0.343. The number of nitrogens with one attached hydrogen (secondary N) is 2. The van der Waals surface area contributed by atoms with E-state index in [2.05, 4.69) is 10.0 Å². The lowest BCUT2D eigenvalue weighted by Gasteiger charge is -2.22. The molecule has 0 heterocycles. The van der Waals surface area contributed by atoms with Gasteiger partial charge in [-0.1, -0.05) is 65.1 Å². The molecule has 1 aromatic carbocycles. The second-order valence-electron chi connectivity index (χ2n) is 6.63. The van der Waals surface area contributed by atoms with Gasteiger partial charge in [0.2, 0.25) is 3.79 Å². The van der Waals surface area contributed by atoms with Gasteiger partial charge in [-0.2, -0.15) is 13.1 Å². The van der Waals surface area contributed by atoms with Crippen LogP contribution in [-0.4, -0.2) is 37.1 Å². The summed E-state index contributed by atoms with van der Waals surface area (Å²) in [4.78, 5) is 11.7. The maximum atomic E-state index is 12.1. The first-order chi connectivity index (χ1) is 12.3. The van der Waals surface area contributed by atoms with Crippen molar-refractivity contribution in [3.05, 3.63) is 35.9 Å². The smallest absolute Gasteiger partial charge is 0.407 e. The lowest BCUT2D eigenvalue weighted by Crippen LogP contribution is -2.36. The fraction of sp³-hybridized carbons (Fsp3) is 0.562. The maximum absolute atomic E-state index is 12.1. The zero-order chi connectivity index (χ0) is 20.7. The standard InChI is InChI=1S/C16H23Cl3N2O5S/c1-15(2,3)26-14(22)20-10-9-13(12-7-5-4-6-8-12)21-27(23,24)25-11-16(17,18)19/h4-8,13,21H,9-11H2,1-3H3,(H,20,22). The molecule has 1 unspecified atom stereocenters. The van der Waals surface area contributed by atoms with Gasteiger partial charge < -0.3 is 10.1 Å². The van der Waals surface area contributed by atoms with E-state index in [9.17, 15) is 13.2 Å². The molecule has 0 spiro atoms. The van der Waals surface area contributed by atoms with E-state index in [0.29, 0.717) is 5.56 Å². The summed E-state index contributed by atoms with van der Waals surface area (Å²) >= 11 is 16.5. The van der Waals surface area contributed by atoms with Gasteiger partial charge in [0.1, 0.15) is 12.2 Å². The minimum Gasteiger partial charge on any atom is -0.444 e. The van der Waals surface area contributed by atoms with Crippen molar-refractivity contribution < 1.29 is 22.1 Å². The molecular weight excluding hydrogens is 439 g/mol. The van der Waals surface area contributed by atoms with Crippen molar-refractivity contribution in [2.75, 3.05) is 13.2 Å². The summed E-state index contributed by atoms with van der Waals surface area (Å²) in [7, 11) is -4.19. The fourth-order valence-electron chi connectivity index (χ4n) is 1.96. The molecule has 0 saturated heterocycles. The SMILES string of the molecule is CC(C)(C)OC(=O)NCCC(NS(=O)(=O)OCC(Cl)(Cl)Cl)c1ccccc1. The summed E-state index contributed by atoms with van der Waals surface area (Å²) in [5.41, 5.74) is 0.0553. The first-order valence-corrected chi connectivity index (χ1v) is 10.6. The Morgan fingerprint density at radius 1 is 1.15 bits per heavy atom. The maximum Gasteiger partial charge on any atom is 0.407 e. The summed E-state index contributed by atoms with van der Waals surface area (Å²) in [6.45, 7) is 4.77. The Hall–Kier alpha value is -0.770. The van der Waals surface area contributed by atoms with Gasteiger partial charge in [-0.15, -0.1) is 0 Å². The first-order valence-electron chi connectivity index (χ1n) is 8.03. The second kappa shape index (κ2) is 10.1. The lowest BCUT2D eigenvalue weighted by atomic mass is 10.1. The van der Waals surface area contributed by atoms with Crippen LogP contribution in [0.25, 0.3) is 0 Å². The molecule has 7 nitrogen and oxygen atoms in total. The third-order valence-corrected chi connectivity index (χ3v) is 4.30. The third-order valence-electron chi connectivity index (χ3n) is 2.97. The number of hydrogen-bond donors (Lipinski definition) is 2. The van der Waals surface area contributed by atoms with E-state index in [1.54, 1.807) is 51.1 Å². The highest BCUT2D eigenvalue weighted by molar-refractivity contribution is 7.84. The number of benzene rings is 1. The summed E-state index contributed by atoms with van der Waals surface area (Å²) in [5.74, 6) is 0. The zero-order valence-electron chi connectivity index (χ0n) is 15.2. The Morgan fingerprint density at radius 2 is 1.74 bits per heavy atom. The predicted octanol–water partition coefficient (Wildman–Crippen LogP) is 3.86. The molecule has 0 aliphatic carbocycles. The van der Waals surface area contributed by atoms with Gasteiger partial charge in [-0.25, -0.2) is 4.79 Å². The Kier molecular flexibility index (Phi) is 9.11. The van der Waals surface area contributed by atoms with Crippen molar-refractivity contribution in [3.8, 4) is 0 Å². The van der Waals surface area contributed by atoms with Crippen LogP contribution in [-0.2, 0) is 19.2 Å². The van der Waals surface area contributed by atoms with Crippen molar-refractivity contribution in [2.24, 2.45) is 0 Å². The minimum absolute atomic E-state index is 0.168. The Morgan fingerprint density at radius 3 is 2.26 bits per heavy atom. The Labute approximate surface area is 174 Å². The highest BCUT2D eigenvalue weighted by atomic mass is 35.6. The minimum atomic E-state index is -4.19. The van der Waals surface area contributed by atoms with Crippen LogP contribution in [0.2, 0.25) is 0 Å². The van der Waals surface area contributed by atoms with Gasteiger partial charge in [0.05, 0.1) is 6.04 Å². The quantitative estimate of drug-likeness (QED) is 0.573. The summed E-state index contributed by atoms with van der Waals surface area (Å²) in [6, 6.07) is 8.15. The predicted molar refractivity (Wildman–Crippen MR) is 106 cm³/mol. The van der Waals surface area contributed by atoms with E-state index in [1.807, 2.05) is 0 Å². The van der Waals surface area contributed by atoms with Crippen LogP contribution in [0.15, 0.2) is 30.3 Å². The van der Waals surface area contributed by atoms with E-state index in [-0.39, 0.29) is 13.0 Å². The zero-order valence-corrected chi connectivity index (χ0v) is 18.3. The molecule has 1 atom stereocenters. The molecule has 154 valence electrons. The van der Waals surface area contributed by atoms with E-state index in [1.165, 1.54) is 0 Å². The topological polar surface area (TPSA) is 93.7 Å². The number of carbonyl (C=O) groups excluding carboxylic acids is 1. The molecule has 1 aromatic rings. The third kappa shape index (κ3) is 11.6. The number of ether oxygens (including phenoxy) is 1. The summed E-state index contributed by atoms with van der Waals surface area (Å²) < 4.78 is 34.6. The normalized spacial score (nSPS) is 13.9. The average Bonchev–Trinajstić information content (AvgIpc) is 2.50. The van der Waals surface area contributed by atoms with Crippen molar-refractivity contribution >= 4 is 51.2 Å². The number of hydrogen-bond acceptors (Lipinski definition) is 5. The molecular formula is C16H23Cl3N2O5S. The molecule has 1 amide bonds. The van der Waals surface area contributed by atoms with Crippen LogP contribution in [0.5, 0.6) is 0 Å². The van der Waals surface area contributed by atoms with E-state index in [0.717, 1.165) is 0 Å². The largest absolute Gasteiger partial charge is 0.444 e. The van der Waals surface area contributed by atoms with Gasteiger partial charge in [-0.05, 0) is 32.8 Å². The Bertz CT molecular complexity index is 703. The number of amides is 1. The van der Waals surface area contributed by atoms with Gasteiger partial charge in [0, 0.05) is 6.54 Å². The van der Waals surface area contributed by atoms with Gasteiger partial charge in [0.15, 0.2) is 0 Å². The number of carbonyl (C=O) groups is 1. The van der Waals surface area contributed by atoms with Crippen LogP contribution in [0.3, 0.4) is 0 Å². The van der Waals surface area contributed by atoms with Crippen molar-refractivity contribution in [1.82, 2.24) is 10.0 Å². The van der Waals surface area contributed by atoms with Gasteiger partial charge >= 0.3 is 16.4 Å². The second-order valence-corrected chi connectivity index (χ2v) is 10.5. The number of rotatable bonds is 8. The molecule has 0 fully saturated rings. The average molecular weight is 462 g/mol. The Balaban J connectivity index is 2.73. The lowest BCUT2D eigenvalue weighted by molar-refractivity contribution is 0.0526.